The highest BCUT2D eigenvalue weighted by Crippen LogP contribution is 2.50. The number of nitrogens with one attached hydrogen (secondary N) is 1. The van der Waals surface area contributed by atoms with E-state index in [-0.39, 0.29) is 11.4 Å². The summed E-state index contributed by atoms with van der Waals surface area (Å²) in [6, 6.07) is 6.99. The molecule has 68 valence electrons. The second-order valence-corrected chi connectivity index (χ2v) is 4.25. The van der Waals surface area contributed by atoms with E-state index in [1.54, 1.807) is 12.1 Å². The number of fused-ring (bicyclic) bond motifs is 1. The van der Waals surface area contributed by atoms with Gasteiger partial charge in [-0.2, -0.15) is 0 Å². The van der Waals surface area contributed by atoms with Gasteiger partial charge in [0.15, 0.2) is 0 Å². The fourth-order valence-corrected chi connectivity index (χ4v) is 2.68. The van der Waals surface area contributed by atoms with Crippen LogP contribution in [0.5, 0.6) is 0 Å². The third-order valence-corrected chi connectivity index (χ3v) is 3.38. The SMILES string of the molecule is Fc1cccc(C23CC(CN2)C3)c1. The first-order valence-electron chi connectivity index (χ1n) is 4.80. The Morgan fingerprint density at radius 2 is 2.23 bits per heavy atom. The molecule has 3 fully saturated rings. The molecule has 0 radical (unpaired) electrons. The first-order valence-corrected chi connectivity index (χ1v) is 4.80. The van der Waals surface area contributed by atoms with Gasteiger partial charge < -0.3 is 5.32 Å². The second-order valence-electron chi connectivity index (χ2n) is 4.25. The van der Waals surface area contributed by atoms with Gasteiger partial charge in [0.25, 0.3) is 0 Å². The Morgan fingerprint density at radius 1 is 1.38 bits per heavy atom. The molecular weight excluding hydrogens is 165 g/mol. The average molecular weight is 177 g/mol. The molecule has 13 heavy (non-hydrogen) atoms. The Morgan fingerprint density at radius 3 is 2.85 bits per heavy atom. The molecule has 0 unspecified atom stereocenters. The Balaban J connectivity index is 2.00. The number of rotatable bonds is 1. The van der Waals surface area contributed by atoms with Crippen LogP contribution in [0.25, 0.3) is 0 Å². The van der Waals surface area contributed by atoms with Crippen LogP contribution in [0.2, 0.25) is 0 Å². The van der Waals surface area contributed by atoms with E-state index in [1.165, 1.54) is 18.9 Å². The lowest BCUT2D eigenvalue weighted by molar-refractivity contribution is 0.228. The predicted octanol–water partition coefficient (Wildman–Crippen LogP) is 2.03. The van der Waals surface area contributed by atoms with E-state index < -0.39 is 0 Å². The minimum absolute atomic E-state index is 0.121. The van der Waals surface area contributed by atoms with E-state index in [2.05, 4.69) is 5.32 Å². The van der Waals surface area contributed by atoms with Crippen LogP contribution in [0.3, 0.4) is 0 Å². The molecule has 1 aromatic carbocycles. The number of hydrogen-bond donors (Lipinski definition) is 1. The number of halogens is 1. The normalized spacial score (nSPS) is 35.9. The quantitative estimate of drug-likeness (QED) is 0.692. The Hall–Kier alpha value is -0.890. The molecule has 0 spiro atoms. The van der Waals surface area contributed by atoms with Crippen molar-refractivity contribution in [1.82, 2.24) is 5.32 Å². The van der Waals surface area contributed by atoms with Crippen molar-refractivity contribution in [3.8, 4) is 0 Å². The molecule has 0 aromatic heterocycles. The van der Waals surface area contributed by atoms with Gasteiger partial charge in [-0.3, -0.25) is 0 Å². The highest BCUT2D eigenvalue weighted by molar-refractivity contribution is 5.31. The standard InChI is InChI=1S/C11H12FN/c12-10-3-1-2-9(4-10)11-5-8(6-11)7-13-11/h1-4,8,13H,5-7H2. The smallest absolute Gasteiger partial charge is 0.123 e. The first kappa shape index (κ1) is 7.51. The van der Waals surface area contributed by atoms with Gasteiger partial charge >= 0.3 is 0 Å². The first-order chi connectivity index (χ1) is 6.28. The van der Waals surface area contributed by atoms with Crippen LogP contribution in [-0.2, 0) is 5.54 Å². The highest BCUT2D eigenvalue weighted by Gasteiger charge is 2.50. The summed E-state index contributed by atoms with van der Waals surface area (Å²) < 4.78 is 13.0. The molecule has 2 bridgehead atoms. The highest BCUT2D eigenvalue weighted by atomic mass is 19.1. The molecule has 2 heterocycles. The topological polar surface area (TPSA) is 12.0 Å². The summed E-state index contributed by atoms with van der Waals surface area (Å²) in [7, 11) is 0. The van der Waals surface area contributed by atoms with Gasteiger partial charge in [0, 0.05) is 5.54 Å². The molecule has 1 nitrogen and oxygen atoms in total. The maximum atomic E-state index is 13.0. The Labute approximate surface area is 77.0 Å². The van der Waals surface area contributed by atoms with E-state index in [4.69, 9.17) is 0 Å². The lowest BCUT2D eigenvalue weighted by Gasteiger charge is -2.38. The minimum Gasteiger partial charge on any atom is -0.307 e. The molecule has 1 saturated carbocycles. The van der Waals surface area contributed by atoms with Crippen molar-refractivity contribution in [2.24, 2.45) is 5.92 Å². The summed E-state index contributed by atoms with van der Waals surface area (Å²) in [5.41, 5.74) is 1.26. The second kappa shape index (κ2) is 2.32. The molecule has 0 atom stereocenters. The maximum Gasteiger partial charge on any atom is 0.123 e. The van der Waals surface area contributed by atoms with Gasteiger partial charge in [0.05, 0.1) is 0 Å². The summed E-state index contributed by atoms with van der Waals surface area (Å²) in [6.07, 6.45) is 2.38. The van der Waals surface area contributed by atoms with E-state index in [0.29, 0.717) is 0 Å². The molecule has 1 aromatic rings. The Bertz CT molecular complexity index is 336. The monoisotopic (exact) mass is 177 g/mol. The van der Waals surface area contributed by atoms with Crippen LogP contribution in [-0.4, -0.2) is 6.54 Å². The lowest BCUT2D eigenvalue weighted by atomic mass is 9.70. The van der Waals surface area contributed by atoms with Crippen molar-refractivity contribution in [3.05, 3.63) is 35.6 Å². The molecule has 0 amide bonds. The van der Waals surface area contributed by atoms with Gasteiger partial charge in [-0.15, -0.1) is 0 Å². The zero-order valence-electron chi connectivity index (χ0n) is 7.39. The van der Waals surface area contributed by atoms with Crippen LogP contribution in [0, 0.1) is 11.7 Å². The maximum absolute atomic E-state index is 13.0. The van der Waals surface area contributed by atoms with Crippen LogP contribution in [0.4, 0.5) is 4.39 Å². The summed E-state index contributed by atoms with van der Waals surface area (Å²) in [4.78, 5) is 0. The average Bonchev–Trinajstić information content (AvgIpc) is 2.61. The molecule has 2 heteroatoms. The van der Waals surface area contributed by atoms with E-state index in [0.717, 1.165) is 18.0 Å². The van der Waals surface area contributed by atoms with Gasteiger partial charge in [0.1, 0.15) is 5.82 Å². The summed E-state index contributed by atoms with van der Waals surface area (Å²) in [5, 5.41) is 3.48. The summed E-state index contributed by atoms with van der Waals surface area (Å²) in [6.45, 7) is 1.11. The molecule has 2 aliphatic heterocycles. The van der Waals surface area contributed by atoms with Crippen molar-refractivity contribution in [3.63, 3.8) is 0 Å². The molecule has 3 aliphatic rings. The fourth-order valence-electron chi connectivity index (χ4n) is 2.68. The van der Waals surface area contributed by atoms with Gasteiger partial charge in [0.2, 0.25) is 0 Å². The van der Waals surface area contributed by atoms with Gasteiger partial charge in [-0.05, 0) is 43.0 Å². The van der Waals surface area contributed by atoms with Crippen molar-refractivity contribution < 1.29 is 4.39 Å². The van der Waals surface area contributed by atoms with Crippen LogP contribution >= 0.6 is 0 Å². The molecule has 1 N–H and O–H groups in total. The Kier molecular flexibility index (Phi) is 1.34. The van der Waals surface area contributed by atoms with Crippen molar-refractivity contribution in [2.75, 3.05) is 6.54 Å². The third-order valence-electron chi connectivity index (χ3n) is 3.38. The van der Waals surface area contributed by atoms with E-state index in [9.17, 15) is 4.39 Å². The summed E-state index contributed by atoms with van der Waals surface area (Å²) >= 11 is 0. The number of hydrogen-bond acceptors (Lipinski definition) is 1. The molecule has 2 saturated heterocycles. The molecule has 4 rings (SSSR count). The largest absolute Gasteiger partial charge is 0.307 e. The zero-order valence-corrected chi connectivity index (χ0v) is 7.39. The van der Waals surface area contributed by atoms with Crippen LogP contribution < -0.4 is 5.32 Å². The predicted molar refractivity (Wildman–Crippen MR) is 48.8 cm³/mol. The van der Waals surface area contributed by atoms with Crippen molar-refractivity contribution >= 4 is 0 Å². The van der Waals surface area contributed by atoms with Gasteiger partial charge in [-0.25, -0.2) is 4.39 Å². The van der Waals surface area contributed by atoms with E-state index >= 15 is 0 Å². The van der Waals surface area contributed by atoms with Crippen molar-refractivity contribution in [2.45, 2.75) is 18.4 Å². The van der Waals surface area contributed by atoms with Gasteiger partial charge in [-0.1, -0.05) is 12.1 Å². The molecular formula is C11H12FN. The lowest BCUT2D eigenvalue weighted by Crippen LogP contribution is -2.39. The molecule has 1 aliphatic carbocycles. The van der Waals surface area contributed by atoms with Crippen molar-refractivity contribution in [1.29, 1.82) is 0 Å². The zero-order chi connectivity index (χ0) is 8.89. The fraction of sp³-hybridized carbons (Fsp3) is 0.455. The minimum atomic E-state index is -0.121. The third kappa shape index (κ3) is 0.953. The van der Waals surface area contributed by atoms with E-state index in [1.807, 2.05) is 6.07 Å². The number of benzene rings is 1. The van der Waals surface area contributed by atoms with Crippen LogP contribution in [0.1, 0.15) is 18.4 Å². The summed E-state index contributed by atoms with van der Waals surface area (Å²) in [5.74, 6) is 0.715. The van der Waals surface area contributed by atoms with Crippen LogP contribution in [0.15, 0.2) is 24.3 Å².